The second-order valence-electron chi connectivity index (χ2n) is 7.20. The maximum atomic E-state index is 12.7. The van der Waals surface area contributed by atoms with E-state index in [1.165, 1.54) is 30.3 Å². The van der Waals surface area contributed by atoms with Crippen molar-refractivity contribution in [3.63, 3.8) is 0 Å². The molecule has 3 aromatic carbocycles. The van der Waals surface area contributed by atoms with Crippen LogP contribution in [0.2, 0.25) is 0 Å². The fraction of sp³-hybridized carbons (Fsp3) is 0.0417. The zero-order chi connectivity index (χ0) is 24.4. The molecule has 4 rings (SSSR count). The highest BCUT2D eigenvalue weighted by Gasteiger charge is 2.25. The van der Waals surface area contributed by atoms with Gasteiger partial charge < -0.3 is 9.47 Å². The van der Waals surface area contributed by atoms with Gasteiger partial charge in [0.25, 0.3) is 5.69 Å². The standard InChI is InChI=1S/C24H14Br2N2O6/c1-13-3-2-4-15(9-13)22-27-20(24(30)34-22)11-16-10-17(25)12-19(26)21(16)33-23(29)14-5-7-18(8-6-14)28(31)32/h2-12H,1H3/b20-11-. The third-order valence-corrected chi connectivity index (χ3v) is 5.77. The van der Waals surface area contributed by atoms with Crippen molar-refractivity contribution in [1.82, 2.24) is 0 Å². The van der Waals surface area contributed by atoms with E-state index in [1.54, 1.807) is 18.2 Å². The smallest absolute Gasteiger partial charge is 0.363 e. The Kier molecular flexibility index (Phi) is 6.71. The molecule has 0 radical (unpaired) electrons. The van der Waals surface area contributed by atoms with Crippen molar-refractivity contribution < 1.29 is 24.0 Å². The van der Waals surface area contributed by atoms with Gasteiger partial charge in [0.1, 0.15) is 0 Å². The number of benzene rings is 3. The number of hydrogen-bond donors (Lipinski definition) is 0. The SMILES string of the molecule is Cc1cccc(C2=N/C(=C\c3cc(Br)cc(Br)c3OC(=O)c3ccc([N+](=O)[O-])cc3)C(=O)O2)c1. The lowest BCUT2D eigenvalue weighted by molar-refractivity contribution is -0.384. The molecular weight excluding hydrogens is 572 g/mol. The van der Waals surface area contributed by atoms with E-state index in [0.29, 0.717) is 20.1 Å². The number of hydrogen-bond acceptors (Lipinski definition) is 7. The number of carbonyl (C=O) groups excluding carboxylic acids is 2. The number of non-ortho nitro benzene ring substituents is 1. The molecule has 1 aliphatic heterocycles. The zero-order valence-corrected chi connectivity index (χ0v) is 20.6. The molecule has 0 saturated heterocycles. The molecule has 10 heteroatoms. The summed E-state index contributed by atoms with van der Waals surface area (Å²) in [6, 6.07) is 15.8. The minimum absolute atomic E-state index is 0.0362. The van der Waals surface area contributed by atoms with Gasteiger partial charge in [-0.05, 0) is 65.3 Å². The van der Waals surface area contributed by atoms with Gasteiger partial charge in [-0.15, -0.1) is 0 Å². The second-order valence-corrected chi connectivity index (χ2v) is 8.98. The van der Waals surface area contributed by atoms with Crippen LogP contribution in [-0.4, -0.2) is 22.8 Å². The highest BCUT2D eigenvalue weighted by molar-refractivity contribution is 9.11. The van der Waals surface area contributed by atoms with Crippen LogP contribution < -0.4 is 4.74 Å². The van der Waals surface area contributed by atoms with Crippen LogP contribution in [0.3, 0.4) is 0 Å². The number of rotatable bonds is 5. The predicted molar refractivity (Wildman–Crippen MR) is 132 cm³/mol. The number of aryl methyl sites for hydroxylation is 1. The van der Waals surface area contributed by atoms with Gasteiger partial charge in [0.05, 0.1) is 15.0 Å². The fourth-order valence-corrected chi connectivity index (χ4v) is 4.46. The Labute approximate surface area is 210 Å². The van der Waals surface area contributed by atoms with E-state index in [4.69, 9.17) is 9.47 Å². The zero-order valence-electron chi connectivity index (χ0n) is 17.5. The van der Waals surface area contributed by atoms with E-state index < -0.39 is 16.9 Å². The van der Waals surface area contributed by atoms with E-state index in [0.717, 1.165) is 5.56 Å². The number of esters is 2. The molecule has 170 valence electrons. The van der Waals surface area contributed by atoms with E-state index >= 15 is 0 Å². The Bertz CT molecular complexity index is 1400. The lowest BCUT2D eigenvalue weighted by Gasteiger charge is -2.11. The molecule has 0 aromatic heterocycles. The molecule has 0 amide bonds. The maximum absolute atomic E-state index is 12.7. The topological polar surface area (TPSA) is 108 Å². The summed E-state index contributed by atoms with van der Waals surface area (Å²) in [5.74, 6) is -1.04. The van der Waals surface area contributed by atoms with Crippen molar-refractivity contribution in [1.29, 1.82) is 0 Å². The number of halogens is 2. The van der Waals surface area contributed by atoms with E-state index in [9.17, 15) is 19.7 Å². The van der Waals surface area contributed by atoms with Crippen molar-refractivity contribution in [3.05, 3.63) is 108 Å². The first-order valence-corrected chi connectivity index (χ1v) is 11.3. The Hall–Kier alpha value is -3.63. The molecule has 3 aromatic rings. The third-order valence-electron chi connectivity index (χ3n) is 4.72. The molecule has 0 unspecified atom stereocenters. The Morgan fingerprint density at radius 3 is 2.53 bits per heavy atom. The van der Waals surface area contributed by atoms with Gasteiger partial charge in [-0.1, -0.05) is 33.6 Å². The van der Waals surface area contributed by atoms with E-state index in [2.05, 4.69) is 36.9 Å². The maximum Gasteiger partial charge on any atom is 0.363 e. The van der Waals surface area contributed by atoms with Crippen LogP contribution in [0.4, 0.5) is 5.69 Å². The van der Waals surface area contributed by atoms with Crippen molar-refractivity contribution in [2.45, 2.75) is 6.92 Å². The minimum atomic E-state index is -0.726. The molecule has 0 spiro atoms. The van der Waals surface area contributed by atoms with Crippen LogP contribution in [0, 0.1) is 17.0 Å². The summed E-state index contributed by atoms with van der Waals surface area (Å²) >= 11 is 6.76. The minimum Gasteiger partial charge on any atom is -0.421 e. The number of nitrogens with zero attached hydrogens (tertiary/aromatic N) is 2. The Morgan fingerprint density at radius 2 is 1.85 bits per heavy atom. The number of cyclic esters (lactones) is 1. The number of ether oxygens (including phenoxy) is 2. The van der Waals surface area contributed by atoms with Crippen LogP contribution in [0.1, 0.15) is 27.0 Å². The summed E-state index contributed by atoms with van der Waals surface area (Å²) < 4.78 is 12.0. The quantitative estimate of drug-likeness (QED) is 0.120. The van der Waals surface area contributed by atoms with Gasteiger partial charge in [-0.3, -0.25) is 10.1 Å². The van der Waals surface area contributed by atoms with Crippen molar-refractivity contribution in [3.8, 4) is 5.75 Å². The monoisotopic (exact) mass is 584 g/mol. The van der Waals surface area contributed by atoms with Crippen LogP contribution in [0.15, 0.2) is 80.3 Å². The Morgan fingerprint density at radius 1 is 1.12 bits per heavy atom. The molecule has 0 atom stereocenters. The summed E-state index contributed by atoms with van der Waals surface area (Å²) in [5.41, 5.74) is 2.06. The van der Waals surface area contributed by atoms with Gasteiger partial charge in [0, 0.05) is 27.7 Å². The average Bonchev–Trinajstić information content (AvgIpc) is 3.16. The molecule has 0 saturated carbocycles. The van der Waals surface area contributed by atoms with Gasteiger partial charge in [-0.25, -0.2) is 14.6 Å². The highest BCUT2D eigenvalue weighted by atomic mass is 79.9. The van der Waals surface area contributed by atoms with Crippen molar-refractivity contribution >= 4 is 61.5 Å². The molecule has 34 heavy (non-hydrogen) atoms. The summed E-state index contributed by atoms with van der Waals surface area (Å²) in [6.07, 6.45) is 1.46. The first-order valence-electron chi connectivity index (χ1n) is 9.76. The highest BCUT2D eigenvalue weighted by Crippen LogP contribution is 2.36. The molecule has 8 nitrogen and oxygen atoms in total. The molecule has 1 heterocycles. The van der Waals surface area contributed by atoms with Gasteiger partial charge in [0.15, 0.2) is 11.4 Å². The lowest BCUT2D eigenvalue weighted by atomic mass is 10.1. The molecule has 1 aliphatic rings. The van der Waals surface area contributed by atoms with Gasteiger partial charge in [-0.2, -0.15) is 0 Å². The largest absolute Gasteiger partial charge is 0.421 e. The number of carbonyl (C=O) groups is 2. The first kappa shape index (κ1) is 23.5. The van der Waals surface area contributed by atoms with Crippen molar-refractivity contribution in [2.75, 3.05) is 0 Å². The van der Waals surface area contributed by atoms with E-state index in [1.807, 2.05) is 25.1 Å². The first-order chi connectivity index (χ1) is 16.2. The number of aliphatic imine (C=N–C) groups is 1. The molecule has 0 fully saturated rings. The lowest BCUT2D eigenvalue weighted by Crippen LogP contribution is -2.10. The molecule has 0 aliphatic carbocycles. The van der Waals surface area contributed by atoms with Gasteiger partial charge in [0.2, 0.25) is 5.90 Å². The predicted octanol–water partition coefficient (Wildman–Crippen LogP) is 5.99. The van der Waals surface area contributed by atoms with Gasteiger partial charge >= 0.3 is 11.9 Å². The van der Waals surface area contributed by atoms with Crippen LogP contribution in [0.5, 0.6) is 5.75 Å². The third kappa shape index (κ3) is 5.13. The van der Waals surface area contributed by atoms with Crippen molar-refractivity contribution in [2.24, 2.45) is 4.99 Å². The normalized spacial score (nSPS) is 14.0. The number of nitro groups is 1. The number of nitro benzene ring substituents is 1. The fourth-order valence-electron chi connectivity index (χ4n) is 3.12. The summed E-state index contributed by atoms with van der Waals surface area (Å²) in [6.45, 7) is 1.92. The average molecular weight is 586 g/mol. The van der Waals surface area contributed by atoms with Crippen LogP contribution >= 0.6 is 31.9 Å². The molecule has 0 bridgehead atoms. The van der Waals surface area contributed by atoms with Crippen LogP contribution in [-0.2, 0) is 9.53 Å². The summed E-state index contributed by atoms with van der Waals surface area (Å²) in [5, 5.41) is 10.8. The van der Waals surface area contributed by atoms with Crippen LogP contribution in [0.25, 0.3) is 6.08 Å². The summed E-state index contributed by atoms with van der Waals surface area (Å²) in [7, 11) is 0. The van der Waals surface area contributed by atoms with E-state index in [-0.39, 0.29) is 28.6 Å². The molecular formula is C24H14Br2N2O6. The Balaban J connectivity index is 1.68. The summed E-state index contributed by atoms with van der Waals surface area (Å²) in [4.78, 5) is 39.8. The molecule has 0 N–H and O–H groups in total. The second kappa shape index (κ2) is 9.70.